The molecule has 0 bridgehead atoms. The zero-order valence-electron chi connectivity index (χ0n) is 35.8. The van der Waals surface area contributed by atoms with Gasteiger partial charge in [-0.05, 0) is 75.8 Å². The molecule has 0 fully saturated rings. The van der Waals surface area contributed by atoms with Crippen molar-refractivity contribution in [3.05, 3.63) is 237 Å². The van der Waals surface area contributed by atoms with Gasteiger partial charge in [-0.1, -0.05) is 188 Å². The van der Waals surface area contributed by atoms with Gasteiger partial charge in [0.15, 0.2) is 5.82 Å². The molecule has 5 heteroatoms. The molecule has 0 atom stereocenters. The first-order valence-corrected chi connectivity index (χ1v) is 22.1. The Labute approximate surface area is 382 Å². The van der Waals surface area contributed by atoms with Crippen LogP contribution in [0.3, 0.4) is 0 Å². The van der Waals surface area contributed by atoms with Crippen molar-refractivity contribution in [2.75, 3.05) is 0 Å². The molecule has 8 aromatic carbocycles. The number of benzene rings is 8. The Balaban J connectivity index is 0.933. The van der Waals surface area contributed by atoms with E-state index >= 15 is 0 Å². The Hall–Kier alpha value is -8.93. The van der Waals surface area contributed by atoms with E-state index in [1.165, 1.54) is 0 Å². The van der Waals surface area contributed by atoms with Crippen LogP contribution in [0.4, 0.5) is 0 Å². The molecule has 308 valence electrons. The first-order valence-electron chi connectivity index (χ1n) is 22.1. The van der Waals surface area contributed by atoms with Crippen molar-refractivity contribution in [1.82, 2.24) is 24.9 Å². The molecule has 0 radical (unpaired) electrons. The molecule has 0 N–H and O–H groups in total. The molecule has 0 amide bonds. The Morgan fingerprint density at radius 3 is 1.53 bits per heavy atom. The Bertz CT molecular complexity index is 3730. The SMILES string of the molecule is c1ccc(-c2cc(-c3cccc(-c4cccc5ncccc45)c3)nc(-c3ccc(-c4cccc(-c5cc(-c6ccccc6)nc6c5ccc5ccc(-c7ccccc7)nc56)c4)cc3)n2)cc1. The summed E-state index contributed by atoms with van der Waals surface area (Å²) in [7, 11) is 0. The molecule has 66 heavy (non-hydrogen) atoms. The molecular weight excluding hydrogens is 803 g/mol. The van der Waals surface area contributed by atoms with Crippen LogP contribution in [-0.2, 0) is 0 Å². The van der Waals surface area contributed by atoms with Gasteiger partial charge in [0.2, 0.25) is 0 Å². The van der Waals surface area contributed by atoms with Crippen LogP contribution in [0, 0.1) is 0 Å². The number of pyridine rings is 3. The van der Waals surface area contributed by atoms with Gasteiger partial charge in [-0.25, -0.2) is 19.9 Å². The predicted octanol–water partition coefficient (Wildman–Crippen LogP) is 15.5. The molecule has 0 saturated heterocycles. The molecular formula is C61H39N5. The van der Waals surface area contributed by atoms with Crippen molar-refractivity contribution >= 4 is 32.7 Å². The summed E-state index contributed by atoms with van der Waals surface area (Å²) in [5.74, 6) is 0.666. The molecule has 4 aromatic heterocycles. The van der Waals surface area contributed by atoms with E-state index in [0.717, 1.165) is 117 Å². The molecule has 0 saturated carbocycles. The van der Waals surface area contributed by atoms with Crippen molar-refractivity contribution in [3.8, 4) is 89.8 Å². The maximum absolute atomic E-state index is 5.32. The zero-order chi connectivity index (χ0) is 43.8. The Morgan fingerprint density at radius 1 is 0.258 bits per heavy atom. The van der Waals surface area contributed by atoms with Gasteiger partial charge in [0.25, 0.3) is 0 Å². The van der Waals surface area contributed by atoms with E-state index in [4.69, 9.17) is 19.9 Å². The molecule has 0 unspecified atom stereocenters. The van der Waals surface area contributed by atoms with Crippen LogP contribution in [0.5, 0.6) is 0 Å². The van der Waals surface area contributed by atoms with Gasteiger partial charge in [-0.2, -0.15) is 0 Å². The quantitative estimate of drug-likeness (QED) is 0.143. The van der Waals surface area contributed by atoms with Crippen LogP contribution in [-0.4, -0.2) is 24.9 Å². The third kappa shape index (κ3) is 7.34. The molecule has 12 aromatic rings. The number of hydrogen-bond acceptors (Lipinski definition) is 5. The molecule has 12 rings (SSSR count). The summed E-state index contributed by atoms with van der Waals surface area (Å²) in [6, 6.07) is 80.3. The van der Waals surface area contributed by atoms with Gasteiger partial charge >= 0.3 is 0 Å². The van der Waals surface area contributed by atoms with E-state index in [-0.39, 0.29) is 0 Å². The van der Waals surface area contributed by atoms with E-state index in [9.17, 15) is 0 Å². The second-order valence-corrected chi connectivity index (χ2v) is 16.5. The highest BCUT2D eigenvalue weighted by Crippen LogP contribution is 2.38. The lowest BCUT2D eigenvalue weighted by Gasteiger charge is -2.14. The summed E-state index contributed by atoms with van der Waals surface area (Å²) in [6.45, 7) is 0. The first kappa shape index (κ1) is 38.7. The van der Waals surface area contributed by atoms with Crippen LogP contribution in [0.15, 0.2) is 237 Å². The lowest BCUT2D eigenvalue weighted by molar-refractivity contribution is 1.18. The minimum atomic E-state index is 0.666. The largest absolute Gasteiger partial charge is 0.256 e. The minimum Gasteiger partial charge on any atom is -0.256 e. The second-order valence-electron chi connectivity index (χ2n) is 16.5. The van der Waals surface area contributed by atoms with Crippen molar-refractivity contribution in [2.45, 2.75) is 0 Å². The highest BCUT2D eigenvalue weighted by Gasteiger charge is 2.16. The van der Waals surface area contributed by atoms with Crippen molar-refractivity contribution in [2.24, 2.45) is 0 Å². The van der Waals surface area contributed by atoms with E-state index in [2.05, 4.69) is 199 Å². The van der Waals surface area contributed by atoms with E-state index < -0.39 is 0 Å². The molecule has 0 aliphatic carbocycles. The number of fused-ring (bicyclic) bond motifs is 4. The average molecular weight is 842 g/mol. The average Bonchev–Trinajstić information content (AvgIpc) is 3.41. The van der Waals surface area contributed by atoms with Crippen molar-refractivity contribution in [3.63, 3.8) is 0 Å². The topological polar surface area (TPSA) is 64.5 Å². The number of hydrogen-bond donors (Lipinski definition) is 0. The smallest absolute Gasteiger partial charge is 0.160 e. The van der Waals surface area contributed by atoms with Crippen molar-refractivity contribution in [1.29, 1.82) is 0 Å². The second kappa shape index (κ2) is 16.6. The number of aromatic nitrogens is 5. The minimum absolute atomic E-state index is 0.666. The Kier molecular flexibility index (Phi) is 9.77. The number of nitrogens with zero attached hydrogens (tertiary/aromatic N) is 5. The van der Waals surface area contributed by atoms with Crippen LogP contribution in [0.2, 0.25) is 0 Å². The third-order valence-electron chi connectivity index (χ3n) is 12.3. The lowest BCUT2D eigenvalue weighted by atomic mass is 9.94. The fourth-order valence-corrected chi connectivity index (χ4v) is 9.00. The highest BCUT2D eigenvalue weighted by atomic mass is 14.9. The third-order valence-corrected chi connectivity index (χ3v) is 12.3. The molecule has 0 spiro atoms. The monoisotopic (exact) mass is 841 g/mol. The van der Waals surface area contributed by atoms with Gasteiger partial charge in [0, 0.05) is 50.2 Å². The fraction of sp³-hybridized carbons (Fsp3) is 0. The van der Waals surface area contributed by atoms with Gasteiger partial charge in [-0.3, -0.25) is 4.98 Å². The van der Waals surface area contributed by atoms with Gasteiger partial charge < -0.3 is 0 Å². The van der Waals surface area contributed by atoms with Crippen molar-refractivity contribution < 1.29 is 0 Å². The van der Waals surface area contributed by atoms with Gasteiger partial charge in [0.05, 0.1) is 39.3 Å². The summed E-state index contributed by atoms with van der Waals surface area (Å²) in [6.07, 6.45) is 1.84. The summed E-state index contributed by atoms with van der Waals surface area (Å²) < 4.78 is 0. The maximum Gasteiger partial charge on any atom is 0.160 e. The summed E-state index contributed by atoms with van der Waals surface area (Å²) in [5.41, 5.74) is 18.1. The highest BCUT2D eigenvalue weighted by molar-refractivity contribution is 6.10. The van der Waals surface area contributed by atoms with E-state index in [1.807, 2.05) is 42.6 Å². The lowest BCUT2D eigenvalue weighted by Crippen LogP contribution is -1.96. The molecule has 5 nitrogen and oxygen atoms in total. The van der Waals surface area contributed by atoms with Crippen LogP contribution in [0.25, 0.3) is 123 Å². The summed E-state index contributed by atoms with van der Waals surface area (Å²) >= 11 is 0. The Morgan fingerprint density at radius 2 is 0.803 bits per heavy atom. The van der Waals surface area contributed by atoms with Crippen LogP contribution in [0.1, 0.15) is 0 Å². The fourth-order valence-electron chi connectivity index (χ4n) is 9.00. The maximum atomic E-state index is 5.32. The first-order chi connectivity index (χ1) is 32.7. The standard InChI is InChI=1S/C61H39N5/c1-4-14-41(15-5-1)54-34-32-44-31-33-52-53(38-56(42-16-6-2-7-17-42)64-60(52)59(44)63-54)48-22-10-20-46(36-48)40-27-29-45(30-28-40)61-65-57(43-18-8-3-9-19-43)39-58(66-61)49-23-11-21-47(37-49)50-24-12-26-55-51(50)25-13-35-62-55/h1-39H. The predicted molar refractivity (Wildman–Crippen MR) is 271 cm³/mol. The molecule has 0 aliphatic heterocycles. The van der Waals surface area contributed by atoms with E-state index in [1.54, 1.807) is 0 Å². The molecule has 4 heterocycles. The zero-order valence-corrected chi connectivity index (χ0v) is 35.8. The summed E-state index contributed by atoms with van der Waals surface area (Å²) in [4.78, 5) is 25.5. The number of rotatable bonds is 8. The van der Waals surface area contributed by atoms with E-state index in [0.29, 0.717) is 5.82 Å². The van der Waals surface area contributed by atoms with Crippen LogP contribution >= 0.6 is 0 Å². The van der Waals surface area contributed by atoms with Crippen LogP contribution < -0.4 is 0 Å². The van der Waals surface area contributed by atoms with Gasteiger partial charge in [0.1, 0.15) is 0 Å². The normalized spacial score (nSPS) is 11.3. The molecule has 0 aliphatic rings. The summed E-state index contributed by atoms with van der Waals surface area (Å²) in [5, 5.41) is 3.22. The van der Waals surface area contributed by atoms with Gasteiger partial charge in [-0.15, -0.1) is 0 Å².